The molecule has 0 bridgehead atoms. The molecule has 0 unspecified atom stereocenters. The molecule has 0 spiro atoms. The van der Waals surface area contributed by atoms with Crippen molar-refractivity contribution in [2.45, 2.75) is 13.3 Å². The second-order valence-corrected chi connectivity index (χ2v) is 3.04. The Kier molecular flexibility index (Phi) is 2.63. The number of thiophene rings is 1. The monoisotopic (exact) mass is 156 g/mol. The minimum absolute atomic E-state index is 0.664. The number of halogens is 1. The molecule has 0 aromatic carbocycles. The van der Waals surface area contributed by atoms with Gasteiger partial charge in [0.15, 0.2) is 0 Å². The molecule has 10 heavy (non-hydrogen) atoms. The Morgan fingerprint density at radius 3 is 3.10 bits per heavy atom. The summed E-state index contributed by atoms with van der Waals surface area (Å²) in [5, 5.41) is 4.04. The van der Waals surface area contributed by atoms with Crippen molar-refractivity contribution in [2.24, 2.45) is 0 Å². The van der Waals surface area contributed by atoms with Gasteiger partial charge in [-0.05, 0) is 41.3 Å². The summed E-state index contributed by atoms with van der Waals surface area (Å²) in [5.74, 6) is 0. The van der Waals surface area contributed by atoms with Crippen LogP contribution in [0.3, 0.4) is 0 Å². The van der Waals surface area contributed by atoms with Crippen molar-refractivity contribution in [2.75, 3.05) is 0 Å². The van der Waals surface area contributed by atoms with Gasteiger partial charge < -0.3 is 0 Å². The lowest BCUT2D eigenvalue weighted by Gasteiger charge is -1.92. The van der Waals surface area contributed by atoms with Crippen molar-refractivity contribution in [1.29, 1.82) is 0 Å². The van der Waals surface area contributed by atoms with E-state index in [-0.39, 0.29) is 0 Å². The summed E-state index contributed by atoms with van der Waals surface area (Å²) in [4.78, 5) is 0. The number of allylic oxidation sites excluding steroid dienone is 1. The highest BCUT2D eigenvalue weighted by Crippen LogP contribution is 2.11. The minimum atomic E-state index is 0.664. The average Bonchev–Trinajstić information content (AvgIpc) is 2.40. The van der Waals surface area contributed by atoms with Crippen LogP contribution in [0.4, 0.5) is 4.39 Å². The summed E-state index contributed by atoms with van der Waals surface area (Å²) in [5.41, 5.74) is 1.97. The third-order valence-electron chi connectivity index (χ3n) is 1.25. The van der Waals surface area contributed by atoms with Crippen LogP contribution in [-0.2, 0) is 6.42 Å². The number of rotatable bonds is 2. The summed E-state index contributed by atoms with van der Waals surface area (Å²) >= 11 is 1.64. The van der Waals surface area contributed by atoms with Gasteiger partial charge in [0.05, 0.1) is 6.33 Å². The van der Waals surface area contributed by atoms with Crippen LogP contribution >= 0.6 is 11.3 Å². The summed E-state index contributed by atoms with van der Waals surface area (Å²) in [7, 11) is 0. The Balaban J connectivity index is 2.56. The van der Waals surface area contributed by atoms with E-state index in [2.05, 4.69) is 0 Å². The molecular formula is C8H9FS. The molecule has 0 fully saturated rings. The highest BCUT2D eigenvalue weighted by atomic mass is 32.1. The topological polar surface area (TPSA) is 0 Å². The van der Waals surface area contributed by atoms with Gasteiger partial charge in [-0.2, -0.15) is 11.3 Å². The molecular weight excluding hydrogens is 147 g/mol. The maximum absolute atomic E-state index is 11.8. The van der Waals surface area contributed by atoms with Crippen molar-refractivity contribution in [3.63, 3.8) is 0 Å². The van der Waals surface area contributed by atoms with E-state index in [1.807, 2.05) is 16.8 Å². The number of hydrogen-bond acceptors (Lipinski definition) is 1. The van der Waals surface area contributed by atoms with Gasteiger partial charge in [0, 0.05) is 0 Å². The van der Waals surface area contributed by atoms with E-state index >= 15 is 0 Å². The minimum Gasteiger partial charge on any atom is -0.216 e. The zero-order valence-electron chi connectivity index (χ0n) is 5.80. The molecule has 0 saturated heterocycles. The summed E-state index contributed by atoms with van der Waals surface area (Å²) in [6.45, 7) is 1.79. The van der Waals surface area contributed by atoms with Crippen molar-refractivity contribution >= 4 is 11.3 Å². The largest absolute Gasteiger partial charge is 0.216 e. The van der Waals surface area contributed by atoms with Crippen LogP contribution in [-0.4, -0.2) is 0 Å². The van der Waals surface area contributed by atoms with E-state index in [4.69, 9.17) is 0 Å². The van der Waals surface area contributed by atoms with E-state index < -0.39 is 0 Å². The molecule has 0 radical (unpaired) electrons. The maximum atomic E-state index is 11.8. The molecule has 1 rings (SSSR count). The van der Waals surface area contributed by atoms with Gasteiger partial charge in [0.2, 0.25) is 0 Å². The maximum Gasteiger partial charge on any atom is 0.0859 e. The highest BCUT2D eigenvalue weighted by molar-refractivity contribution is 7.07. The quantitative estimate of drug-likeness (QED) is 0.617. The zero-order chi connectivity index (χ0) is 7.40. The van der Waals surface area contributed by atoms with E-state index in [0.717, 1.165) is 12.0 Å². The molecule has 0 amide bonds. The molecule has 1 heterocycles. The Labute approximate surface area is 64.0 Å². The molecule has 2 heteroatoms. The fourth-order valence-corrected chi connectivity index (χ4v) is 1.42. The SMILES string of the molecule is C/C(=C/F)Cc1ccsc1. The molecule has 54 valence electrons. The first-order chi connectivity index (χ1) is 4.83. The van der Waals surface area contributed by atoms with Crippen molar-refractivity contribution in [3.8, 4) is 0 Å². The van der Waals surface area contributed by atoms with E-state index in [9.17, 15) is 4.39 Å². The normalized spacial score (nSPS) is 12.0. The van der Waals surface area contributed by atoms with Gasteiger partial charge in [0.1, 0.15) is 0 Å². The third-order valence-corrected chi connectivity index (χ3v) is 1.98. The second kappa shape index (κ2) is 3.52. The lowest BCUT2D eigenvalue weighted by Crippen LogP contribution is -1.80. The summed E-state index contributed by atoms with van der Waals surface area (Å²) < 4.78 is 11.8. The van der Waals surface area contributed by atoms with Gasteiger partial charge in [-0.3, -0.25) is 0 Å². The van der Waals surface area contributed by atoms with Crippen molar-refractivity contribution in [1.82, 2.24) is 0 Å². The summed E-state index contributed by atoms with van der Waals surface area (Å²) in [6, 6.07) is 2.01. The predicted octanol–water partition coefficient (Wildman–Crippen LogP) is 3.16. The van der Waals surface area contributed by atoms with Crippen LogP contribution in [0.1, 0.15) is 12.5 Å². The number of hydrogen-bond donors (Lipinski definition) is 0. The third kappa shape index (κ3) is 1.95. The Bertz CT molecular complexity index is 211. The first kappa shape index (κ1) is 7.48. The molecule has 1 aromatic heterocycles. The van der Waals surface area contributed by atoms with Crippen molar-refractivity contribution < 1.29 is 4.39 Å². The van der Waals surface area contributed by atoms with Crippen LogP contribution in [0.5, 0.6) is 0 Å². The fourth-order valence-electron chi connectivity index (χ4n) is 0.754. The first-order valence-corrected chi connectivity index (χ1v) is 4.04. The molecule has 1 aromatic rings. The van der Waals surface area contributed by atoms with Crippen LogP contribution in [0, 0.1) is 0 Å². The van der Waals surface area contributed by atoms with Crippen LogP contribution < -0.4 is 0 Å². The lowest BCUT2D eigenvalue weighted by atomic mass is 10.1. The molecule has 0 aliphatic carbocycles. The first-order valence-electron chi connectivity index (χ1n) is 3.10. The Morgan fingerprint density at radius 2 is 2.60 bits per heavy atom. The zero-order valence-corrected chi connectivity index (χ0v) is 6.62. The van der Waals surface area contributed by atoms with E-state index in [0.29, 0.717) is 6.33 Å². The lowest BCUT2D eigenvalue weighted by molar-refractivity contribution is 0.704. The van der Waals surface area contributed by atoms with Crippen LogP contribution in [0.2, 0.25) is 0 Å². The molecule has 0 saturated carbocycles. The Hall–Kier alpha value is -0.630. The van der Waals surface area contributed by atoms with Crippen LogP contribution in [0.15, 0.2) is 28.7 Å². The van der Waals surface area contributed by atoms with Gasteiger partial charge >= 0.3 is 0 Å². The summed E-state index contributed by atoms with van der Waals surface area (Å²) in [6.07, 6.45) is 1.40. The molecule has 0 N–H and O–H groups in total. The van der Waals surface area contributed by atoms with E-state index in [1.54, 1.807) is 18.3 Å². The Morgan fingerprint density at radius 1 is 1.80 bits per heavy atom. The van der Waals surface area contributed by atoms with Gasteiger partial charge in [-0.25, -0.2) is 4.39 Å². The second-order valence-electron chi connectivity index (χ2n) is 2.26. The van der Waals surface area contributed by atoms with E-state index in [1.165, 1.54) is 5.56 Å². The fraction of sp³-hybridized carbons (Fsp3) is 0.250. The predicted molar refractivity (Wildman–Crippen MR) is 42.9 cm³/mol. The smallest absolute Gasteiger partial charge is 0.0859 e. The van der Waals surface area contributed by atoms with Crippen LogP contribution in [0.25, 0.3) is 0 Å². The van der Waals surface area contributed by atoms with Gasteiger partial charge in [-0.1, -0.05) is 0 Å². The molecule has 0 aliphatic rings. The average molecular weight is 156 g/mol. The molecule has 0 aliphatic heterocycles. The highest BCUT2D eigenvalue weighted by Gasteiger charge is 1.93. The standard InChI is InChI=1S/C8H9FS/c1-7(5-9)4-8-2-3-10-6-8/h2-3,5-6H,4H2,1H3/b7-5-. The molecule has 0 atom stereocenters. The van der Waals surface area contributed by atoms with Gasteiger partial charge in [-0.15, -0.1) is 0 Å². The van der Waals surface area contributed by atoms with Gasteiger partial charge in [0.25, 0.3) is 0 Å². The van der Waals surface area contributed by atoms with Crippen molar-refractivity contribution in [3.05, 3.63) is 34.3 Å². The molecule has 0 nitrogen and oxygen atoms in total.